The summed E-state index contributed by atoms with van der Waals surface area (Å²) in [5, 5.41) is 9.75. The molecule has 2 N–H and O–H groups in total. The minimum absolute atomic E-state index is 0.251. The zero-order valence-corrected chi connectivity index (χ0v) is 12.9. The first-order valence-corrected chi connectivity index (χ1v) is 7.19. The van der Waals surface area contributed by atoms with Gasteiger partial charge in [-0.05, 0) is 19.9 Å². The van der Waals surface area contributed by atoms with E-state index in [2.05, 4.69) is 30.5 Å². The van der Waals surface area contributed by atoms with Gasteiger partial charge >= 0.3 is 0 Å². The molecule has 116 valence electrons. The van der Waals surface area contributed by atoms with Gasteiger partial charge in [0.2, 0.25) is 0 Å². The lowest BCUT2D eigenvalue weighted by Crippen LogP contribution is -2.25. The highest BCUT2D eigenvalue weighted by Gasteiger charge is 2.11. The molecular formula is C16H16N6O. The quantitative estimate of drug-likeness (QED) is 0.766. The van der Waals surface area contributed by atoms with Crippen molar-refractivity contribution in [2.45, 2.75) is 20.4 Å². The fourth-order valence-electron chi connectivity index (χ4n) is 2.18. The van der Waals surface area contributed by atoms with Crippen LogP contribution in [0.4, 0.5) is 0 Å². The molecule has 1 aromatic carbocycles. The van der Waals surface area contributed by atoms with Gasteiger partial charge in [0.05, 0.1) is 6.54 Å². The van der Waals surface area contributed by atoms with Crippen molar-refractivity contribution in [2.75, 3.05) is 0 Å². The average Bonchev–Trinajstić information content (AvgIpc) is 3.01. The van der Waals surface area contributed by atoms with E-state index in [0.717, 1.165) is 11.3 Å². The van der Waals surface area contributed by atoms with E-state index < -0.39 is 0 Å². The molecule has 2 heterocycles. The number of rotatable bonds is 4. The minimum atomic E-state index is -0.267. The molecule has 0 unspecified atom stereocenters. The molecule has 7 nitrogen and oxygen atoms in total. The minimum Gasteiger partial charge on any atom is -0.343 e. The van der Waals surface area contributed by atoms with Crippen LogP contribution in [0.5, 0.6) is 0 Å². The Balaban J connectivity index is 1.67. The maximum absolute atomic E-state index is 12.1. The molecule has 0 aliphatic heterocycles. The Morgan fingerprint density at radius 1 is 1.13 bits per heavy atom. The van der Waals surface area contributed by atoms with Crippen molar-refractivity contribution >= 4 is 5.91 Å². The number of carbonyl (C=O) groups excluding carboxylic acids is 1. The number of hydrogen-bond acceptors (Lipinski definition) is 5. The number of amides is 1. The van der Waals surface area contributed by atoms with Gasteiger partial charge in [0.1, 0.15) is 17.3 Å². The van der Waals surface area contributed by atoms with E-state index in [4.69, 9.17) is 0 Å². The van der Waals surface area contributed by atoms with E-state index in [-0.39, 0.29) is 12.5 Å². The van der Waals surface area contributed by atoms with Gasteiger partial charge < -0.3 is 5.32 Å². The SMILES string of the molecule is Cc1cc(C(=O)NCc2nc(-c3ccccc3)n[nH]2)nc(C)n1. The summed E-state index contributed by atoms with van der Waals surface area (Å²) >= 11 is 0. The first-order valence-electron chi connectivity index (χ1n) is 7.19. The highest BCUT2D eigenvalue weighted by molar-refractivity contribution is 5.92. The number of aromatic amines is 1. The van der Waals surface area contributed by atoms with E-state index in [1.165, 1.54) is 0 Å². The van der Waals surface area contributed by atoms with Gasteiger partial charge in [-0.15, -0.1) is 0 Å². The maximum atomic E-state index is 12.1. The molecule has 0 saturated carbocycles. The van der Waals surface area contributed by atoms with Crippen molar-refractivity contribution in [3.05, 3.63) is 59.4 Å². The molecule has 0 atom stereocenters. The molecule has 0 fully saturated rings. The first kappa shape index (κ1) is 14.8. The fraction of sp³-hybridized carbons (Fsp3) is 0.188. The van der Waals surface area contributed by atoms with Crippen molar-refractivity contribution in [3.8, 4) is 11.4 Å². The van der Waals surface area contributed by atoms with Crippen LogP contribution in [0.25, 0.3) is 11.4 Å². The zero-order chi connectivity index (χ0) is 16.2. The number of benzene rings is 1. The highest BCUT2D eigenvalue weighted by atomic mass is 16.1. The first-order chi connectivity index (χ1) is 11.1. The van der Waals surface area contributed by atoms with Crippen LogP contribution in [-0.4, -0.2) is 31.1 Å². The number of aryl methyl sites for hydroxylation is 2. The molecule has 0 aliphatic rings. The Labute approximate surface area is 133 Å². The summed E-state index contributed by atoms with van der Waals surface area (Å²) in [4.78, 5) is 24.8. The third-order valence-corrected chi connectivity index (χ3v) is 3.18. The van der Waals surface area contributed by atoms with Crippen LogP contribution >= 0.6 is 0 Å². The second-order valence-corrected chi connectivity index (χ2v) is 5.10. The lowest BCUT2D eigenvalue weighted by atomic mass is 10.2. The van der Waals surface area contributed by atoms with E-state index in [1.54, 1.807) is 13.0 Å². The van der Waals surface area contributed by atoms with Gasteiger partial charge in [0.15, 0.2) is 5.82 Å². The Kier molecular flexibility index (Phi) is 4.09. The van der Waals surface area contributed by atoms with Gasteiger partial charge in [0, 0.05) is 11.3 Å². The summed E-state index contributed by atoms with van der Waals surface area (Å²) in [6.45, 7) is 3.83. The molecule has 0 radical (unpaired) electrons. The Hall–Kier alpha value is -3.09. The van der Waals surface area contributed by atoms with Gasteiger partial charge in [0.25, 0.3) is 5.91 Å². The summed E-state index contributed by atoms with van der Waals surface area (Å²) in [6, 6.07) is 11.3. The van der Waals surface area contributed by atoms with Crippen molar-refractivity contribution in [1.82, 2.24) is 30.5 Å². The monoisotopic (exact) mass is 308 g/mol. The van der Waals surface area contributed by atoms with Crippen LogP contribution in [0.1, 0.15) is 27.8 Å². The van der Waals surface area contributed by atoms with Gasteiger partial charge in [-0.3, -0.25) is 9.89 Å². The van der Waals surface area contributed by atoms with Crippen LogP contribution < -0.4 is 5.32 Å². The van der Waals surface area contributed by atoms with Crippen LogP contribution in [0, 0.1) is 13.8 Å². The van der Waals surface area contributed by atoms with Crippen LogP contribution in [-0.2, 0) is 6.54 Å². The van der Waals surface area contributed by atoms with Crippen LogP contribution in [0.2, 0.25) is 0 Å². The standard InChI is InChI=1S/C16H16N6O/c1-10-8-13(19-11(2)18-10)16(23)17-9-14-20-15(22-21-14)12-6-4-3-5-7-12/h3-8H,9H2,1-2H3,(H,17,23)(H,20,21,22). The molecule has 3 rings (SSSR count). The molecule has 0 aliphatic carbocycles. The van der Waals surface area contributed by atoms with E-state index in [9.17, 15) is 4.79 Å². The van der Waals surface area contributed by atoms with E-state index in [0.29, 0.717) is 23.2 Å². The zero-order valence-electron chi connectivity index (χ0n) is 12.9. The molecule has 23 heavy (non-hydrogen) atoms. The summed E-state index contributed by atoms with van der Waals surface area (Å²) < 4.78 is 0. The number of aromatic nitrogens is 5. The largest absolute Gasteiger partial charge is 0.343 e. The summed E-state index contributed by atoms with van der Waals surface area (Å²) in [6.07, 6.45) is 0. The second kappa shape index (κ2) is 6.35. The third kappa shape index (κ3) is 3.57. The normalized spacial score (nSPS) is 10.5. The van der Waals surface area contributed by atoms with Crippen molar-refractivity contribution in [3.63, 3.8) is 0 Å². The van der Waals surface area contributed by atoms with Crippen LogP contribution in [0.15, 0.2) is 36.4 Å². The molecular weight excluding hydrogens is 292 g/mol. The second-order valence-electron chi connectivity index (χ2n) is 5.10. The summed E-state index contributed by atoms with van der Waals surface area (Å²) in [5.74, 6) is 1.49. The lowest BCUT2D eigenvalue weighted by molar-refractivity contribution is 0.0944. The molecule has 2 aromatic heterocycles. The topological polar surface area (TPSA) is 96.5 Å². The maximum Gasteiger partial charge on any atom is 0.270 e. The average molecular weight is 308 g/mol. The number of H-pyrrole nitrogens is 1. The Bertz CT molecular complexity index is 807. The lowest BCUT2D eigenvalue weighted by Gasteiger charge is -2.04. The molecule has 7 heteroatoms. The predicted octanol–water partition coefficient (Wildman–Crippen LogP) is 1.81. The number of hydrogen-bond donors (Lipinski definition) is 2. The molecule has 0 spiro atoms. The third-order valence-electron chi connectivity index (χ3n) is 3.18. The molecule has 0 saturated heterocycles. The Morgan fingerprint density at radius 2 is 1.91 bits per heavy atom. The van der Waals surface area contributed by atoms with Crippen molar-refractivity contribution in [2.24, 2.45) is 0 Å². The Morgan fingerprint density at radius 3 is 2.65 bits per heavy atom. The smallest absolute Gasteiger partial charge is 0.270 e. The molecule has 1 amide bonds. The van der Waals surface area contributed by atoms with Crippen molar-refractivity contribution in [1.29, 1.82) is 0 Å². The van der Waals surface area contributed by atoms with E-state index >= 15 is 0 Å². The summed E-state index contributed by atoms with van der Waals surface area (Å²) in [7, 11) is 0. The number of nitrogens with zero attached hydrogens (tertiary/aromatic N) is 4. The van der Waals surface area contributed by atoms with E-state index in [1.807, 2.05) is 37.3 Å². The molecule has 0 bridgehead atoms. The van der Waals surface area contributed by atoms with Gasteiger partial charge in [-0.25, -0.2) is 15.0 Å². The number of carbonyl (C=O) groups is 1. The molecule has 3 aromatic rings. The van der Waals surface area contributed by atoms with Gasteiger partial charge in [-0.1, -0.05) is 30.3 Å². The van der Waals surface area contributed by atoms with Crippen molar-refractivity contribution < 1.29 is 4.79 Å². The number of nitrogens with one attached hydrogen (secondary N) is 2. The predicted molar refractivity (Wildman–Crippen MR) is 84.5 cm³/mol. The van der Waals surface area contributed by atoms with Crippen LogP contribution in [0.3, 0.4) is 0 Å². The summed E-state index contributed by atoms with van der Waals surface area (Å²) in [5.41, 5.74) is 2.02. The fourth-order valence-corrected chi connectivity index (χ4v) is 2.18. The highest BCUT2D eigenvalue weighted by Crippen LogP contribution is 2.13. The van der Waals surface area contributed by atoms with Gasteiger partial charge in [-0.2, -0.15) is 5.10 Å².